The number of para-hydroxylation sites is 8. The minimum Gasteiger partial charge on any atom is -0.455 e. The van der Waals surface area contributed by atoms with Crippen LogP contribution in [0.1, 0.15) is 22.3 Å². The molecule has 0 radical (unpaired) electrons. The summed E-state index contributed by atoms with van der Waals surface area (Å²) in [5.74, 6) is 0. The minimum absolute atomic E-state index is 0.785. The van der Waals surface area contributed by atoms with Crippen LogP contribution in [0.2, 0.25) is 0 Å². The van der Waals surface area contributed by atoms with Crippen LogP contribution < -0.4 is 9.80 Å². The first-order valence-corrected chi connectivity index (χ1v) is 26.9. The molecule has 0 saturated carbocycles. The molecule has 6 nitrogen and oxygen atoms in total. The molecule has 4 heterocycles. The van der Waals surface area contributed by atoms with Crippen LogP contribution >= 0.6 is 0 Å². The molecule has 0 fully saturated rings. The standard InChI is InChI=1S/C73H42N2O4/c1-3-21-43(22-4-1)74(57-35-19-31-49-47-27-9-15-37-61(47)76-69(49)57)59-41-55-67(71-65(59)51-29-11-17-39-63(51)78-71)68-56(73(55)53-33-13-7-25-45(53)46-26-8-14-34-54(46)73)42-60(66-52-30-12-18-40-64(52)79-72(66)68)75(44-23-5-2-6-24-44)58-36-20-32-50-48-28-10-16-38-62(48)77-70(50)58/h1-42H. The Bertz CT molecular complexity index is 4910. The number of hydrogen-bond acceptors (Lipinski definition) is 6. The van der Waals surface area contributed by atoms with Crippen molar-refractivity contribution < 1.29 is 17.7 Å². The molecule has 0 aliphatic heterocycles. The molecule has 368 valence electrons. The van der Waals surface area contributed by atoms with Gasteiger partial charge in [-0.05, 0) is 106 Å². The zero-order chi connectivity index (χ0) is 51.5. The van der Waals surface area contributed by atoms with E-state index in [0.717, 1.165) is 144 Å². The molecule has 6 heteroatoms. The lowest BCUT2D eigenvalue weighted by Crippen LogP contribution is -2.26. The van der Waals surface area contributed by atoms with Gasteiger partial charge < -0.3 is 27.5 Å². The molecule has 0 unspecified atom stereocenters. The van der Waals surface area contributed by atoms with Crippen molar-refractivity contribution in [2.45, 2.75) is 5.41 Å². The van der Waals surface area contributed by atoms with E-state index < -0.39 is 5.41 Å². The van der Waals surface area contributed by atoms with Gasteiger partial charge in [0.2, 0.25) is 0 Å². The zero-order valence-corrected chi connectivity index (χ0v) is 42.3. The Hall–Kier alpha value is -10.6. The van der Waals surface area contributed by atoms with Crippen molar-refractivity contribution in [2.24, 2.45) is 0 Å². The molecule has 2 aliphatic carbocycles. The highest BCUT2D eigenvalue weighted by Crippen LogP contribution is 2.68. The van der Waals surface area contributed by atoms with Crippen molar-refractivity contribution in [3.63, 3.8) is 0 Å². The lowest BCUT2D eigenvalue weighted by Gasteiger charge is -2.33. The third-order valence-electron chi connectivity index (χ3n) is 17.0. The van der Waals surface area contributed by atoms with Gasteiger partial charge >= 0.3 is 0 Å². The van der Waals surface area contributed by atoms with Crippen molar-refractivity contribution in [3.8, 4) is 22.3 Å². The monoisotopic (exact) mass is 1010 g/mol. The van der Waals surface area contributed by atoms with Crippen LogP contribution in [0.15, 0.2) is 272 Å². The van der Waals surface area contributed by atoms with E-state index >= 15 is 0 Å². The maximum absolute atomic E-state index is 7.53. The van der Waals surface area contributed by atoms with E-state index in [9.17, 15) is 0 Å². The SMILES string of the molecule is c1ccc(N(c2cccc3c2oc2ccccc23)c2cc3c(c4oc5ccccc5c24)-c2c(cc(N(c4ccccc4)c4cccc5c4oc4ccccc45)c4c2oc2ccccc24)C32c3ccccc3-c3ccccc32)cc1. The van der Waals surface area contributed by atoms with E-state index in [0.29, 0.717) is 0 Å². The molecule has 2 aliphatic rings. The van der Waals surface area contributed by atoms with E-state index in [-0.39, 0.29) is 0 Å². The molecule has 79 heavy (non-hydrogen) atoms. The van der Waals surface area contributed by atoms with Crippen molar-refractivity contribution in [3.05, 3.63) is 277 Å². The molecule has 0 saturated heterocycles. The fourth-order valence-corrected chi connectivity index (χ4v) is 13.9. The topological polar surface area (TPSA) is 59.0 Å². The van der Waals surface area contributed by atoms with Gasteiger partial charge in [-0.2, -0.15) is 0 Å². The van der Waals surface area contributed by atoms with E-state index in [1.54, 1.807) is 0 Å². The quantitative estimate of drug-likeness (QED) is 0.165. The Labute approximate surface area is 451 Å². The van der Waals surface area contributed by atoms with Gasteiger partial charge in [-0.25, -0.2) is 0 Å². The van der Waals surface area contributed by atoms with Gasteiger partial charge in [0.1, 0.15) is 33.5 Å². The first-order valence-electron chi connectivity index (χ1n) is 26.9. The first-order chi connectivity index (χ1) is 39.2. The number of anilines is 6. The second-order valence-corrected chi connectivity index (χ2v) is 20.9. The molecule has 0 atom stereocenters. The Balaban J connectivity index is 1.04. The third-order valence-corrected chi connectivity index (χ3v) is 17.0. The Morgan fingerprint density at radius 2 is 0.595 bits per heavy atom. The molecule has 16 aromatic rings. The van der Waals surface area contributed by atoms with Gasteiger partial charge in [0.05, 0.1) is 38.9 Å². The summed E-state index contributed by atoms with van der Waals surface area (Å²) in [6, 6.07) is 91.0. The number of nitrogens with zero attached hydrogens (tertiary/aromatic N) is 2. The molecule has 12 aromatic carbocycles. The molecule has 0 N–H and O–H groups in total. The van der Waals surface area contributed by atoms with Crippen molar-refractivity contribution >= 4 is 122 Å². The molecular formula is C73H42N2O4. The predicted molar refractivity (Wildman–Crippen MR) is 321 cm³/mol. The average molecular weight is 1010 g/mol. The van der Waals surface area contributed by atoms with Gasteiger partial charge in [0.25, 0.3) is 0 Å². The van der Waals surface area contributed by atoms with Crippen molar-refractivity contribution in [2.75, 3.05) is 9.80 Å². The fraction of sp³-hybridized carbons (Fsp3) is 0.0137. The van der Waals surface area contributed by atoms with Gasteiger partial charge in [-0.1, -0.05) is 182 Å². The zero-order valence-electron chi connectivity index (χ0n) is 42.3. The summed E-state index contributed by atoms with van der Waals surface area (Å²) in [5, 5.41) is 8.23. The van der Waals surface area contributed by atoms with E-state index in [2.05, 4.69) is 252 Å². The summed E-state index contributed by atoms with van der Waals surface area (Å²) in [5.41, 5.74) is 20.3. The first kappa shape index (κ1) is 42.6. The van der Waals surface area contributed by atoms with E-state index in [1.807, 2.05) is 12.1 Å². The summed E-state index contributed by atoms with van der Waals surface area (Å²) >= 11 is 0. The van der Waals surface area contributed by atoms with Crippen molar-refractivity contribution in [1.29, 1.82) is 0 Å². The Morgan fingerprint density at radius 1 is 0.253 bits per heavy atom. The predicted octanol–water partition coefficient (Wildman–Crippen LogP) is 20.6. The highest BCUT2D eigenvalue weighted by molar-refractivity contribution is 6.26. The number of furan rings is 4. The van der Waals surface area contributed by atoms with Crippen LogP contribution in [-0.2, 0) is 5.41 Å². The smallest absolute Gasteiger partial charge is 0.159 e. The lowest BCUT2D eigenvalue weighted by atomic mass is 9.70. The maximum atomic E-state index is 7.53. The summed E-state index contributed by atoms with van der Waals surface area (Å²) in [4.78, 5) is 4.79. The summed E-state index contributed by atoms with van der Waals surface area (Å²) in [6.07, 6.45) is 0. The minimum atomic E-state index is -0.886. The summed E-state index contributed by atoms with van der Waals surface area (Å²) in [6.45, 7) is 0. The van der Waals surface area contributed by atoms with Gasteiger partial charge in [0, 0.05) is 54.8 Å². The Morgan fingerprint density at radius 3 is 1.04 bits per heavy atom. The van der Waals surface area contributed by atoms with Crippen LogP contribution in [0, 0.1) is 0 Å². The van der Waals surface area contributed by atoms with Crippen LogP contribution in [-0.4, -0.2) is 0 Å². The van der Waals surface area contributed by atoms with Gasteiger partial charge in [-0.15, -0.1) is 0 Å². The van der Waals surface area contributed by atoms with Crippen LogP contribution in [0.25, 0.3) is 110 Å². The molecule has 4 aromatic heterocycles. The third kappa shape index (κ3) is 5.58. The van der Waals surface area contributed by atoms with Gasteiger partial charge in [0.15, 0.2) is 11.2 Å². The normalized spacial score (nSPS) is 13.2. The maximum Gasteiger partial charge on any atom is 0.159 e. The van der Waals surface area contributed by atoms with Crippen LogP contribution in [0.3, 0.4) is 0 Å². The van der Waals surface area contributed by atoms with Crippen molar-refractivity contribution in [1.82, 2.24) is 0 Å². The van der Waals surface area contributed by atoms with E-state index in [4.69, 9.17) is 17.7 Å². The number of benzene rings is 12. The molecule has 0 bridgehead atoms. The van der Waals surface area contributed by atoms with Gasteiger partial charge in [-0.3, -0.25) is 0 Å². The van der Waals surface area contributed by atoms with E-state index in [1.165, 1.54) is 22.3 Å². The second-order valence-electron chi connectivity index (χ2n) is 20.9. The number of fused-ring (bicyclic) bond motifs is 24. The summed E-state index contributed by atoms with van der Waals surface area (Å²) < 4.78 is 29.0. The van der Waals surface area contributed by atoms with Crippen LogP contribution in [0.5, 0.6) is 0 Å². The average Bonchev–Trinajstić information content (AvgIpc) is 3.29. The highest BCUT2D eigenvalue weighted by Gasteiger charge is 2.55. The largest absolute Gasteiger partial charge is 0.455 e. The lowest BCUT2D eigenvalue weighted by molar-refractivity contribution is 0.665. The number of hydrogen-bond donors (Lipinski definition) is 0. The molecular weight excluding hydrogens is 969 g/mol. The molecule has 18 rings (SSSR count). The molecule has 0 amide bonds. The number of rotatable bonds is 6. The summed E-state index contributed by atoms with van der Waals surface area (Å²) in [7, 11) is 0. The van der Waals surface area contributed by atoms with Crippen LogP contribution in [0.4, 0.5) is 34.1 Å². The highest BCUT2D eigenvalue weighted by atomic mass is 16.3. The second kappa shape index (κ2) is 15.8. The fourth-order valence-electron chi connectivity index (χ4n) is 13.9. The molecule has 1 spiro atoms. The Kier molecular flexibility index (Phi) is 8.51.